The summed E-state index contributed by atoms with van der Waals surface area (Å²) in [5, 5.41) is 6.87. The predicted octanol–water partition coefficient (Wildman–Crippen LogP) is 1.16. The number of aromatic nitrogens is 2. The number of nitrogens with two attached hydrogens (primary N) is 1. The molecular weight excluding hydrogens is 300 g/mol. The van der Waals surface area contributed by atoms with Gasteiger partial charge in [-0.2, -0.15) is 5.10 Å². The molecule has 1 amide bonds. The van der Waals surface area contributed by atoms with E-state index in [9.17, 15) is 4.79 Å². The van der Waals surface area contributed by atoms with Gasteiger partial charge in [-0.05, 0) is 28.1 Å². The first kappa shape index (κ1) is 12.8. The van der Waals surface area contributed by atoms with Crippen LogP contribution in [0.4, 0.5) is 0 Å². The first-order chi connectivity index (χ1) is 8.60. The van der Waals surface area contributed by atoms with E-state index in [1.807, 2.05) is 13.2 Å². The number of halogens is 1. The number of hydrogen-bond acceptors (Lipinski definition) is 4. The SMILES string of the molecule is Cn1cc(CNC(=O)c2ccc(CN)o2)c(Br)n1. The second-order valence-corrected chi connectivity index (χ2v) is 4.52. The Morgan fingerprint density at radius 1 is 1.61 bits per heavy atom. The second-order valence-electron chi connectivity index (χ2n) is 3.77. The lowest BCUT2D eigenvalue weighted by atomic mass is 10.3. The molecule has 0 radical (unpaired) electrons. The van der Waals surface area contributed by atoms with Crippen molar-refractivity contribution in [3.63, 3.8) is 0 Å². The van der Waals surface area contributed by atoms with Crippen molar-refractivity contribution >= 4 is 21.8 Å². The van der Waals surface area contributed by atoms with E-state index in [-0.39, 0.29) is 18.2 Å². The van der Waals surface area contributed by atoms with Gasteiger partial charge in [0.1, 0.15) is 10.4 Å². The molecule has 2 rings (SSSR count). The maximum Gasteiger partial charge on any atom is 0.287 e. The zero-order valence-corrected chi connectivity index (χ0v) is 11.4. The van der Waals surface area contributed by atoms with Crippen LogP contribution in [0.1, 0.15) is 21.9 Å². The van der Waals surface area contributed by atoms with Gasteiger partial charge < -0.3 is 15.5 Å². The van der Waals surface area contributed by atoms with Gasteiger partial charge in [0.05, 0.1) is 6.54 Å². The van der Waals surface area contributed by atoms with Crippen LogP contribution < -0.4 is 11.1 Å². The normalized spacial score (nSPS) is 10.6. The van der Waals surface area contributed by atoms with E-state index in [1.165, 1.54) is 0 Å². The molecule has 3 N–H and O–H groups in total. The number of rotatable bonds is 4. The minimum atomic E-state index is -0.273. The molecule has 7 heteroatoms. The third-order valence-corrected chi connectivity index (χ3v) is 3.05. The van der Waals surface area contributed by atoms with Crippen molar-refractivity contribution in [1.82, 2.24) is 15.1 Å². The van der Waals surface area contributed by atoms with E-state index in [1.54, 1.807) is 16.8 Å². The molecule has 0 aliphatic carbocycles. The van der Waals surface area contributed by atoms with E-state index in [0.717, 1.165) is 5.56 Å². The number of amides is 1. The second kappa shape index (κ2) is 5.36. The van der Waals surface area contributed by atoms with Gasteiger partial charge in [0, 0.05) is 25.4 Å². The molecule has 96 valence electrons. The molecule has 0 saturated heterocycles. The van der Waals surface area contributed by atoms with E-state index in [4.69, 9.17) is 10.2 Å². The summed E-state index contributed by atoms with van der Waals surface area (Å²) in [6.45, 7) is 0.660. The van der Waals surface area contributed by atoms with Gasteiger partial charge >= 0.3 is 0 Å². The lowest BCUT2D eigenvalue weighted by Gasteiger charge is -2.01. The molecule has 0 fully saturated rings. The first-order valence-electron chi connectivity index (χ1n) is 5.35. The highest BCUT2D eigenvalue weighted by Crippen LogP contribution is 2.13. The number of carbonyl (C=O) groups excluding carboxylic acids is 1. The summed E-state index contributed by atoms with van der Waals surface area (Å²) in [7, 11) is 1.82. The quantitative estimate of drug-likeness (QED) is 0.887. The molecule has 0 unspecified atom stereocenters. The standard InChI is InChI=1S/C11H13BrN4O2/c1-16-6-7(10(12)15-16)5-14-11(17)9-3-2-8(4-13)18-9/h2-3,6H,4-5,13H2,1H3,(H,14,17). The Morgan fingerprint density at radius 3 is 2.94 bits per heavy atom. The Labute approximate surface area is 112 Å². The highest BCUT2D eigenvalue weighted by Gasteiger charge is 2.12. The Bertz CT molecular complexity index is 561. The number of nitrogens with one attached hydrogen (secondary N) is 1. The molecule has 6 nitrogen and oxygen atoms in total. The molecule has 0 atom stereocenters. The summed E-state index contributed by atoms with van der Waals surface area (Å²) >= 11 is 3.32. The average molecular weight is 313 g/mol. The Hall–Kier alpha value is -1.60. The molecule has 0 aromatic carbocycles. The number of furan rings is 1. The van der Waals surface area contributed by atoms with Gasteiger partial charge in [-0.25, -0.2) is 0 Å². The Kier molecular flexibility index (Phi) is 3.83. The smallest absolute Gasteiger partial charge is 0.287 e. The molecule has 2 aromatic rings. The summed E-state index contributed by atoms with van der Waals surface area (Å²) < 4.78 is 7.64. The number of carbonyl (C=O) groups is 1. The fraction of sp³-hybridized carbons (Fsp3) is 0.273. The fourth-order valence-electron chi connectivity index (χ4n) is 1.50. The molecule has 0 bridgehead atoms. The van der Waals surface area contributed by atoms with Crippen molar-refractivity contribution in [2.45, 2.75) is 13.1 Å². The summed E-state index contributed by atoms with van der Waals surface area (Å²) in [5.74, 6) is 0.573. The van der Waals surface area contributed by atoms with Crippen LogP contribution in [-0.2, 0) is 20.1 Å². The van der Waals surface area contributed by atoms with Crippen LogP contribution in [0.5, 0.6) is 0 Å². The number of nitrogens with zero attached hydrogens (tertiary/aromatic N) is 2. The summed E-state index contributed by atoms with van der Waals surface area (Å²) in [4.78, 5) is 11.8. The summed E-state index contributed by atoms with van der Waals surface area (Å²) in [6, 6.07) is 3.30. The van der Waals surface area contributed by atoms with Crippen LogP contribution in [0.3, 0.4) is 0 Å². The van der Waals surface area contributed by atoms with Crippen molar-refractivity contribution in [3.8, 4) is 0 Å². The maximum absolute atomic E-state index is 11.8. The highest BCUT2D eigenvalue weighted by atomic mass is 79.9. The van der Waals surface area contributed by atoms with Gasteiger partial charge in [0.25, 0.3) is 5.91 Å². The minimum Gasteiger partial charge on any atom is -0.455 e. The minimum absolute atomic E-state index is 0.260. The van der Waals surface area contributed by atoms with E-state index < -0.39 is 0 Å². The van der Waals surface area contributed by atoms with Crippen LogP contribution in [0, 0.1) is 0 Å². The van der Waals surface area contributed by atoms with Crippen molar-refractivity contribution in [1.29, 1.82) is 0 Å². The molecule has 0 aliphatic heterocycles. The Morgan fingerprint density at radius 2 is 2.39 bits per heavy atom. The third kappa shape index (κ3) is 2.80. The van der Waals surface area contributed by atoms with Crippen molar-refractivity contribution < 1.29 is 9.21 Å². The highest BCUT2D eigenvalue weighted by molar-refractivity contribution is 9.10. The Balaban J connectivity index is 1.98. The molecule has 2 heterocycles. The molecule has 0 spiro atoms. The molecule has 2 aromatic heterocycles. The van der Waals surface area contributed by atoms with Crippen LogP contribution in [0.25, 0.3) is 0 Å². The van der Waals surface area contributed by atoms with Crippen LogP contribution >= 0.6 is 15.9 Å². The average Bonchev–Trinajstić information content (AvgIpc) is 2.93. The molecule has 0 aliphatic rings. The van der Waals surface area contributed by atoms with Crippen molar-refractivity contribution in [3.05, 3.63) is 40.0 Å². The molecular formula is C11H13BrN4O2. The van der Waals surface area contributed by atoms with Gasteiger partial charge in [0.15, 0.2) is 5.76 Å². The van der Waals surface area contributed by atoms with Gasteiger partial charge in [-0.3, -0.25) is 9.48 Å². The third-order valence-electron chi connectivity index (χ3n) is 2.38. The largest absolute Gasteiger partial charge is 0.455 e. The van der Waals surface area contributed by atoms with Crippen LogP contribution in [0.15, 0.2) is 27.3 Å². The summed E-state index contributed by atoms with van der Waals surface area (Å²) in [6.07, 6.45) is 1.83. The molecule has 0 saturated carbocycles. The van der Waals surface area contributed by atoms with E-state index in [2.05, 4.69) is 26.3 Å². The van der Waals surface area contributed by atoms with E-state index in [0.29, 0.717) is 16.9 Å². The summed E-state index contributed by atoms with van der Waals surface area (Å²) in [5.41, 5.74) is 6.31. The van der Waals surface area contributed by atoms with Crippen LogP contribution in [-0.4, -0.2) is 15.7 Å². The lowest BCUT2D eigenvalue weighted by Crippen LogP contribution is -2.22. The number of aryl methyl sites for hydroxylation is 1. The van der Waals surface area contributed by atoms with Gasteiger partial charge in [-0.1, -0.05) is 0 Å². The van der Waals surface area contributed by atoms with Crippen molar-refractivity contribution in [2.24, 2.45) is 12.8 Å². The molecule has 18 heavy (non-hydrogen) atoms. The zero-order valence-electron chi connectivity index (χ0n) is 9.81. The van der Waals surface area contributed by atoms with Crippen LogP contribution in [0.2, 0.25) is 0 Å². The number of hydrogen-bond donors (Lipinski definition) is 2. The van der Waals surface area contributed by atoms with Gasteiger partial charge in [-0.15, -0.1) is 0 Å². The maximum atomic E-state index is 11.8. The monoisotopic (exact) mass is 312 g/mol. The lowest BCUT2D eigenvalue weighted by molar-refractivity contribution is 0.0921. The topological polar surface area (TPSA) is 86.1 Å². The predicted molar refractivity (Wildman–Crippen MR) is 68.7 cm³/mol. The van der Waals surface area contributed by atoms with E-state index >= 15 is 0 Å². The van der Waals surface area contributed by atoms with Crippen molar-refractivity contribution in [2.75, 3.05) is 0 Å². The first-order valence-corrected chi connectivity index (χ1v) is 6.14. The fourth-order valence-corrected chi connectivity index (χ4v) is 1.99. The zero-order chi connectivity index (χ0) is 13.1. The van der Waals surface area contributed by atoms with Gasteiger partial charge in [0.2, 0.25) is 0 Å².